The number of anilines is 1. The minimum atomic E-state index is -4.64. The third kappa shape index (κ3) is 3.35. The average Bonchev–Trinajstić information content (AvgIpc) is 2.96. The maximum Gasteiger partial charge on any atom is 0.417 e. The summed E-state index contributed by atoms with van der Waals surface area (Å²) in [5, 5.41) is 3.95. The fourth-order valence-electron chi connectivity index (χ4n) is 2.50. The Morgan fingerprint density at radius 3 is 2.46 bits per heavy atom. The lowest BCUT2D eigenvalue weighted by Gasteiger charge is -2.15. The van der Waals surface area contributed by atoms with Crippen molar-refractivity contribution in [3.05, 3.63) is 46.6 Å². The van der Waals surface area contributed by atoms with Gasteiger partial charge in [0.25, 0.3) is 0 Å². The highest BCUT2D eigenvalue weighted by Gasteiger charge is 2.31. The van der Waals surface area contributed by atoms with Crippen LogP contribution in [0.4, 0.5) is 18.9 Å². The van der Waals surface area contributed by atoms with Gasteiger partial charge in [-0.05, 0) is 18.2 Å². The second kappa shape index (κ2) is 6.62. The highest BCUT2D eigenvalue weighted by atomic mass is 32.2. The van der Waals surface area contributed by atoms with E-state index in [1.165, 1.54) is 19.2 Å². The van der Waals surface area contributed by atoms with E-state index in [-0.39, 0.29) is 22.1 Å². The average molecular weight is 415 g/mol. The van der Waals surface area contributed by atoms with Crippen LogP contribution < -0.4 is 10.6 Å². The van der Waals surface area contributed by atoms with Gasteiger partial charge in [-0.2, -0.15) is 17.9 Å². The number of rotatable bonds is 4. The van der Waals surface area contributed by atoms with Crippen LogP contribution in [-0.2, 0) is 16.0 Å². The summed E-state index contributed by atoms with van der Waals surface area (Å²) in [6.07, 6.45) is -2.68. The molecule has 0 aromatic carbocycles. The van der Waals surface area contributed by atoms with Crippen LogP contribution in [-0.4, -0.2) is 47.4 Å². The van der Waals surface area contributed by atoms with Gasteiger partial charge < -0.3 is 4.90 Å². The predicted molar refractivity (Wildman–Crippen MR) is 95.6 cm³/mol. The zero-order valence-corrected chi connectivity index (χ0v) is 15.9. The summed E-state index contributed by atoms with van der Waals surface area (Å²) >= 11 is 0. The van der Waals surface area contributed by atoms with Crippen LogP contribution >= 0.6 is 0 Å². The van der Waals surface area contributed by atoms with Crippen LogP contribution in [0.1, 0.15) is 12.5 Å². The van der Waals surface area contributed by atoms with Gasteiger partial charge >= 0.3 is 11.9 Å². The molecule has 150 valence electrons. The van der Waals surface area contributed by atoms with E-state index in [2.05, 4.69) is 10.1 Å². The van der Waals surface area contributed by atoms with Crippen LogP contribution in [0.2, 0.25) is 0 Å². The van der Waals surface area contributed by atoms with Crippen molar-refractivity contribution in [2.24, 2.45) is 0 Å². The summed E-state index contributed by atoms with van der Waals surface area (Å²) in [7, 11) is -0.418. The fourth-order valence-corrected chi connectivity index (χ4v) is 3.52. The van der Waals surface area contributed by atoms with Gasteiger partial charge in [0, 0.05) is 20.3 Å². The SMILES string of the molecule is CCS(=O)(=O)c1cc(N(C)C)cnc1-n1nc2ccc(C(F)(F)F)cn2c1=O. The molecule has 28 heavy (non-hydrogen) atoms. The van der Waals surface area contributed by atoms with E-state index >= 15 is 0 Å². The van der Waals surface area contributed by atoms with E-state index in [0.717, 1.165) is 12.1 Å². The van der Waals surface area contributed by atoms with Crippen molar-refractivity contribution >= 4 is 21.2 Å². The highest BCUT2D eigenvalue weighted by Crippen LogP contribution is 2.29. The molecule has 3 aromatic rings. The quantitative estimate of drug-likeness (QED) is 0.645. The molecule has 0 aliphatic heterocycles. The first-order valence-corrected chi connectivity index (χ1v) is 9.70. The van der Waals surface area contributed by atoms with Gasteiger partial charge in [-0.1, -0.05) is 6.92 Å². The zero-order valence-electron chi connectivity index (χ0n) is 15.1. The molecule has 8 nitrogen and oxygen atoms in total. The molecule has 3 aromatic heterocycles. The van der Waals surface area contributed by atoms with Crippen molar-refractivity contribution in [3.63, 3.8) is 0 Å². The normalized spacial score (nSPS) is 12.5. The Hall–Kier alpha value is -2.89. The molecule has 0 bridgehead atoms. The lowest BCUT2D eigenvalue weighted by Crippen LogP contribution is -2.24. The van der Waals surface area contributed by atoms with E-state index < -0.39 is 27.3 Å². The van der Waals surface area contributed by atoms with Gasteiger partial charge in [0.1, 0.15) is 4.90 Å². The summed E-state index contributed by atoms with van der Waals surface area (Å²) in [4.78, 5) is 18.1. The van der Waals surface area contributed by atoms with Crippen LogP contribution in [0.3, 0.4) is 0 Å². The van der Waals surface area contributed by atoms with Crippen molar-refractivity contribution in [2.75, 3.05) is 24.7 Å². The number of pyridine rings is 2. The Kier molecular flexibility index (Phi) is 4.69. The lowest BCUT2D eigenvalue weighted by atomic mass is 10.3. The number of hydrogen-bond donors (Lipinski definition) is 0. The number of nitrogens with zero attached hydrogens (tertiary/aromatic N) is 5. The largest absolute Gasteiger partial charge is 0.417 e. The van der Waals surface area contributed by atoms with Gasteiger partial charge in [-0.25, -0.2) is 22.6 Å². The molecular formula is C16H16F3N5O3S. The van der Waals surface area contributed by atoms with Crippen LogP contribution in [0.5, 0.6) is 0 Å². The van der Waals surface area contributed by atoms with Crippen LogP contribution in [0.15, 0.2) is 40.3 Å². The van der Waals surface area contributed by atoms with Gasteiger partial charge in [0.05, 0.1) is 23.2 Å². The third-order valence-electron chi connectivity index (χ3n) is 4.09. The summed E-state index contributed by atoms with van der Waals surface area (Å²) in [5.74, 6) is -0.520. The summed E-state index contributed by atoms with van der Waals surface area (Å²) < 4.78 is 65.2. The topological polar surface area (TPSA) is 89.6 Å². The molecule has 0 saturated carbocycles. The predicted octanol–water partition coefficient (Wildman–Crippen LogP) is 1.76. The summed E-state index contributed by atoms with van der Waals surface area (Å²) in [5.41, 5.74) is -1.58. The van der Waals surface area contributed by atoms with Gasteiger partial charge in [-0.15, -0.1) is 5.10 Å². The Labute approximate surface area is 157 Å². The first-order valence-electron chi connectivity index (χ1n) is 8.05. The third-order valence-corrected chi connectivity index (χ3v) is 5.83. The van der Waals surface area contributed by atoms with Gasteiger partial charge in [0.15, 0.2) is 21.3 Å². The van der Waals surface area contributed by atoms with Crippen molar-refractivity contribution in [1.29, 1.82) is 0 Å². The number of fused-ring (bicyclic) bond motifs is 1. The molecule has 3 heterocycles. The molecule has 0 N–H and O–H groups in total. The Morgan fingerprint density at radius 1 is 1.21 bits per heavy atom. The molecule has 12 heteroatoms. The van der Waals surface area contributed by atoms with Gasteiger partial charge in [0.2, 0.25) is 0 Å². The molecule has 3 rings (SSSR count). The standard InChI is InChI=1S/C16H16F3N5O3S/c1-4-28(26,27)12-7-11(22(2)3)8-20-14(12)24-15(25)23-9-10(16(17,18)19)5-6-13(23)21-24/h5-9H,4H2,1-3H3. The van der Waals surface area contributed by atoms with E-state index in [0.29, 0.717) is 21.0 Å². The van der Waals surface area contributed by atoms with E-state index in [4.69, 9.17) is 0 Å². The number of hydrogen-bond acceptors (Lipinski definition) is 6. The molecule has 0 atom stereocenters. The molecule has 0 fully saturated rings. The smallest absolute Gasteiger partial charge is 0.376 e. The molecule has 0 aliphatic rings. The maximum absolute atomic E-state index is 12.9. The lowest BCUT2D eigenvalue weighted by molar-refractivity contribution is -0.137. The number of alkyl halides is 3. The Bertz CT molecular complexity index is 1210. The van der Waals surface area contributed by atoms with E-state index in [1.54, 1.807) is 19.0 Å². The number of sulfone groups is 1. The zero-order chi connectivity index (χ0) is 20.9. The van der Waals surface area contributed by atoms with Crippen molar-refractivity contribution in [1.82, 2.24) is 19.2 Å². The number of halogens is 3. The van der Waals surface area contributed by atoms with E-state index in [9.17, 15) is 26.4 Å². The molecular weight excluding hydrogens is 399 g/mol. The minimum Gasteiger partial charge on any atom is -0.376 e. The first-order chi connectivity index (χ1) is 13.0. The Balaban J connectivity index is 2.31. The molecule has 0 aliphatic carbocycles. The molecule has 0 amide bonds. The summed E-state index contributed by atoms with van der Waals surface area (Å²) in [6.45, 7) is 1.43. The maximum atomic E-state index is 12.9. The monoisotopic (exact) mass is 415 g/mol. The molecule has 0 saturated heterocycles. The van der Waals surface area contributed by atoms with Crippen molar-refractivity contribution in [2.45, 2.75) is 18.0 Å². The second-order valence-electron chi connectivity index (χ2n) is 6.15. The fraction of sp³-hybridized carbons (Fsp3) is 0.312. The second-order valence-corrected chi connectivity index (χ2v) is 8.40. The van der Waals surface area contributed by atoms with Crippen LogP contribution in [0, 0.1) is 0 Å². The van der Waals surface area contributed by atoms with Crippen molar-refractivity contribution < 1.29 is 21.6 Å². The molecule has 0 unspecified atom stereocenters. The van der Waals surface area contributed by atoms with Crippen LogP contribution in [0.25, 0.3) is 11.5 Å². The number of aromatic nitrogens is 4. The van der Waals surface area contributed by atoms with E-state index in [1.807, 2.05) is 0 Å². The summed E-state index contributed by atoms with van der Waals surface area (Å²) in [6, 6.07) is 3.17. The molecule has 0 radical (unpaired) electrons. The minimum absolute atomic E-state index is 0.0728. The van der Waals surface area contributed by atoms with Gasteiger partial charge in [-0.3, -0.25) is 0 Å². The highest BCUT2D eigenvalue weighted by molar-refractivity contribution is 7.91. The Morgan fingerprint density at radius 2 is 1.89 bits per heavy atom. The first kappa shape index (κ1) is 19.9. The van der Waals surface area contributed by atoms with Crippen molar-refractivity contribution in [3.8, 4) is 5.82 Å². The molecule has 0 spiro atoms.